The first kappa shape index (κ1) is 13.2. The van der Waals surface area contributed by atoms with Crippen LogP contribution in [0.2, 0.25) is 0 Å². The minimum atomic E-state index is -1.57. The minimum absolute atomic E-state index is 0.389. The first-order valence-electron chi connectivity index (χ1n) is 5.63. The molecule has 5 nitrogen and oxygen atoms in total. The molecule has 98 valence electrons. The standard InChI is InChI=1S/C12H16N2O3S/c1-8(15)12(4)13(16)10(9-6-5-7-18-9)11(2,3)14(12)17/h5-7,17H,1-4H3/t12-/m1/s1. The second kappa shape index (κ2) is 3.88. The second-order valence-corrected chi connectivity index (χ2v) is 6.02. The van der Waals surface area contributed by atoms with Gasteiger partial charge < -0.3 is 10.4 Å². The first-order chi connectivity index (χ1) is 8.24. The van der Waals surface area contributed by atoms with Gasteiger partial charge in [0.1, 0.15) is 5.54 Å². The van der Waals surface area contributed by atoms with Crippen LogP contribution in [0.4, 0.5) is 0 Å². The van der Waals surface area contributed by atoms with E-state index < -0.39 is 11.2 Å². The zero-order valence-electron chi connectivity index (χ0n) is 10.8. The zero-order chi connectivity index (χ0) is 13.7. The lowest BCUT2D eigenvalue weighted by molar-refractivity contribution is -0.565. The number of Topliss-reactive ketones (excluding diaryl/α,β-unsaturated/α-hetero) is 1. The van der Waals surface area contributed by atoms with Crippen LogP contribution in [0.3, 0.4) is 0 Å². The molecule has 0 aliphatic carbocycles. The van der Waals surface area contributed by atoms with Crippen LogP contribution in [0.25, 0.3) is 0 Å². The van der Waals surface area contributed by atoms with Gasteiger partial charge in [0.05, 0.1) is 4.88 Å². The highest BCUT2D eigenvalue weighted by Gasteiger charge is 2.62. The van der Waals surface area contributed by atoms with Crippen molar-refractivity contribution in [3.05, 3.63) is 27.6 Å². The Morgan fingerprint density at radius 1 is 1.50 bits per heavy atom. The third-order valence-corrected chi connectivity index (χ3v) is 4.42. The molecular formula is C12H16N2O3S. The maximum Gasteiger partial charge on any atom is 0.307 e. The van der Waals surface area contributed by atoms with Crippen LogP contribution in [0.5, 0.6) is 0 Å². The molecule has 18 heavy (non-hydrogen) atoms. The van der Waals surface area contributed by atoms with Gasteiger partial charge >= 0.3 is 5.66 Å². The fourth-order valence-corrected chi connectivity index (χ4v) is 3.21. The van der Waals surface area contributed by atoms with Crippen LogP contribution in [0.1, 0.15) is 32.6 Å². The van der Waals surface area contributed by atoms with Crippen molar-refractivity contribution in [2.45, 2.75) is 38.9 Å². The Bertz CT molecular complexity index is 521. The van der Waals surface area contributed by atoms with Crippen LogP contribution >= 0.6 is 11.3 Å². The predicted molar refractivity (Wildman–Crippen MR) is 68.8 cm³/mol. The summed E-state index contributed by atoms with van der Waals surface area (Å²) in [7, 11) is 0. The Morgan fingerprint density at radius 2 is 2.11 bits per heavy atom. The van der Waals surface area contributed by atoms with Gasteiger partial charge in [-0.2, -0.15) is 4.74 Å². The topological polar surface area (TPSA) is 66.6 Å². The summed E-state index contributed by atoms with van der Waals surface area (Å²) in [5.74, 6) is -0.389. The van der Waals surface area contributed by atoms with Crippen LogP contribution in [0, 0.1) is 5.21 Å². The Hall–Kier alpha value is -1.24. The third kappa shape index (κ3) is 1.46. The predicted octanol–water partition coefficient (Wildman–Crippen LogP) is 1.84. The van der Waals surface area contributed by atoms with E-state index in [4.69, 9.17) is 0 Å². The van der Waals surface area contributed by atoms with E-state index in [0.29, 0.717) is 10.5 Å². The van der Waals surface area contributed by atoms with Crippen molar-refractivity contribution in [1.82, 2.24) is 5.06 Å². The molecule has 0 saturated carbocycles. The van der Waals surface area contributed by atoms with Gasteiger partial charge in [-0.25, -0.2) is 0 Å². The number of nitrogens with zero attached hydrogens (tertiary/aromatic N) is 2. The zero-order valence-corrected chi connectivity index (χ0v) is 11.6. The van der Waals surface area contributed by atoms with Gasteiger partial charge in [0.15, 0.2) is 0 Å². The molecule has 0 unspecified atom stereocenters. The molecule has 1 atom stereocenters. The summed E-state index contributed by atoms with van der Waals surface area (Å²) in [5, 5.41) is 25.4. The van der Waals surface area contributed by atoms with E-state index in [1.165, 1.54) is 25.2 Å². The summed E-state index contributed by atoms with van der Waals surface area (Å²) >= 11 is 1.41. The monoisotopic (exact) mass is 268 g/mol. The summed E-state index contributed by atoms with van der Waals surface area (Å²) in [6.07, 6.45) is 0. The van der Waals surface area contributed by atoms with Crippen LogP contribution in [-0.2, 0) is 4.79 Å². The Balaban J connectivity index is 2.69. The lowest BCUT2D eigenvalue weighted by Crippen LogP contribution is -2.57. The Labute approximate surface area is 110 Å². The van der Waals surface area contributed by atoms with Crippen LogP contribution in [0.15, 0.2) is 17.5 Å². The number of ketones is 1. The summed E-state index contributed by atoms with van der Waals surface area (Å²) in [6, 6.07) is 3.65. The average Bonchev–Trinajstić information content (AvgIpc) is 2.83. The molecule has 0 amide bonds. The molecule has 1 N–H and O–H groups in total. The van der Waals surface area contributed by atoms with E-state index in [1.54, 1.807) is 13.8 Å². The van der Waals surface area contributed by atoms with E-state index in [0.717, 1.165) is 9.94 Å². The van der Waals surface area contributed by atoms with Crippen molar-refractivity contribution in [3.63, 3.8) is 0 Å². The molecule has 1 aromatic heterocycles. The summed E-state index contributed by atoms with van der Waals surface area (Å²) in [4.78, 5) is 12.5. The lowest BCUT2D eigenvalue weighted by Gasteiger charge is -2.30. The Kier molecular flexibility index (Phi) is 2.84. The largest absolute Gasteiger partial charge is 0.622 e. The third-order valence-electron chi connectivity index (χ3n) is 3.54. The van der Waals surface area contributed by atoms with Gasteiger partial charge in [-0.3, -0.25) is 4.79 Å². The van der Waals surface area contributed by atoms with E-state index in [-0.39, 0.29) is 5.78 Å². The van der Waals surface area contributed by atoms with Crippen LogP contribution < -0.4 is 0 Å². The van der Waals surface area contributed by atoms with Gasteiger partial charge in [0, 0.05) is 13.8 Å². The number of thiophene rings is 1. The van der Waals surface area contributed by atoms with Crippen molar-refractivity contribution in [2.24, 2.45) is 0 Å². The summed E-state index contributed by atoms with van der Waals surface area (Å²) in [5.41, 5.74) is -2.06. The van der Waals surface area contributed by atoms with Crippen molar-refractivity contribution in [3.8, 4) is 0 Å². The van der Waals surface area contributed by atoms with E-state index in [9.17, 15) is 15.2 Å². The van der Waals surface area contributed by atoms with E-state index >= 15 is 0 Å². The Morgan fingerprint density at radius 3 is 2.50 bits per heavy atom. The molecule has 0 bridgehead atoms. The quantitative estimate of drug-likeness (QED) is 0.656. The van der Waals surface area contributed by atoms with Gasteiger partial charge in [-0.05, 0) is 25.3 Å². The number of carbonyl (C=O) groups excluding carboxylic acids is 1. The van der Waals surface area contributed by atoms with E-state index in [1.807, 2.05) is 17.5 Å². The second-order valence-electron chi connectivity index (χ2n) is 5.07. The molecule has 0 spiro atoms. The van der Waals surface area contributed by atoms with Gasteiger partial charge in [0.25, 0.3) is 0 Å². The SMILES string of the molecule is CC(=O)[C@@]1(C)N(O)C(C)(C)C(c2cccs2)=[N+]1[O-]. The van der Waals surface area contributed by atoms with Crippen molar-refractivity contribution in [2.75, 3.05) is 0 Å². The average molecular weight is 268 g/mol. The first-order valence-corrected chi connectivity index (χ1v) is 6.51. The molecule has 1 aliphatic rings. The molecule has 0 fully saturated rings. The molecule has 6 heteroatoms. The molecule has 2 heterocycles. The number of hydroxylamine groups is 3. The maximum absolute atomic E-state index is 12.5. The molecule has 0 aromatic carbocycles. The van der Waals surface area contributed by atoms with Crippen molar-refractivity contribution < 1.29 is 14.7 Å². The summed E-state index contributed by atoms with van der Waals surface area (Å²) in [6.45, 7) is 6.19. The van der Waals surface area contributed by atoms with Gasteiger partial charge in [-0.1, -0.05) is 6.07 Å². The van der Waals surface area contributed by atoms with Crippen LogP contribution in [-0.4, -0.2) is 37.7 Å². The van der Waals surface area contributed by atoms with Gasteiger partial charge in [-0.15, -0.1) is 16.4 Å². The number of rotatable bonds is 2. The van der Waals surface area contributed by atoms with Crippen molar-refractivity contribution >= 4 is 22.8 Å². The number of carbonyl (C=O) groups is 1. The van der Waals surface area contributed by atoms with Crippen molar-refractivity contribution in [1.29, 1.82) is 0 Å². The molecule has 0 radical (unpaired) electrons. The fourth-order valence-electron chi connectivity index (χ4n) is 2.30. The van der Waals surface area contributed by atoms with E-state index in [2.05, 4.69) is 0 Å². The molecular weight excluding hydrogens is 252 g/mol. The highest BCUT2D eigenvalue weighted by Crippen LogP contribution is 2.36. The maximum atomic E-state index is 12.5. The highest BCUT2D eigenvalue weighted by molar-refractivity contribution is 7.12. The molecule has 1 aliphatic heterocycles. The molecule has 1 aromatic rings. The lowest BCUT2D eigenvalue weighted by atomic mass is 9.97. The van der Waals surface area contributed by atoms with Gasteiger partial charge in [0.2, 0.25) is 11.5 Å². The number of hydrogen-bond acceptors (Lipinski definition) is 5. The number of hydrogen-bond donors (Lipinski definition) is 1. The smallest absolute Gasteiger partial charge is 0.307 e. The normalized spacial score (nSPS) is 27.8. The molecule has 0 saturated heterocycles. The minimum Gasteiger partial charge on any atom is -0.622 e. The molecule has 2 rings (SSSR count). The highest BCUT2D eigenvalue weighted by atomic mass is 32.1. The fraction of sp³-hybridized carbons (Fsp3) is 0.500. The summed E-state index contributed by atoms with van der Waals surface area (Å²) < 4.78 is 0.626.